The summed E-state index contributed by atoms with van der Waals surface area (Å²) in [6.45, 7) is 3.44. The van der Waals surface area contributed by atoms with Gasteiger partial charge in [-0.2, -0.15) is 0 Å². The summed E-state index contributed by atoms with van der Waals surface area (Å²) >= 11 is 14.7. The maximum Gasteiger partial charge on any atom is 0.172 e. The second-order valence-corrected chi connectivity index (χ2v) is 6.03. The Kier molecular flexibility index (Phi) is 5.38. The first-order valence-electron chi connectivity index (χ1n) is 6.05. The standard InChI is InChI=1S/C12H15BrClN3OS/c1-7-9(13)5-10(14)11(16-7)17-12(19)15-6-8-3-2-4-18-8/h5,8H,2-4,6H2,1H3,(H2,15,16,17,19)/t8-/m1/s1. The summed E-state index contributed by atoms with van der Waals surface area (Å²) in [5.74, 6) is 0.562. The number of nitrogens with one attached hydrogen (secondary N) is 2. The lowest BCUT2D eigenvalue weighted by Crippen LogP contribution is -2.35. The van der Waals surface area contributed by atoms with Gasteiger partial charge < -0.3 is 15.4 Å². The van der Waals surface area contributed by atoms with Crippen molar-refractivity contribution < 1.29 is 4.74 Å². The van der Waals surface area contributed by atoms with Crippen LogP contribution < -0.4 is 10.6 Å². The number of anilines is 1. The number of aryl methyl sites for hydroxylation is 1. The Morgan fingerprint density at radius 2 is 2.47 bits per heavy atom. The highest BCUT2D eigenvalue weighted by molar-refractivity contribution is 9.10. The van der Waals surface area contributed by atoms with Crippen LogP contribution >= 0.6 is 39.7 Å². The zero-order valence-corrected chi connectivity index (χ0v) is 13.7. The number of rotatable bonds is 3. The van der Waals surface area contributed by atoms with Crippen molar-refractivity contribution in [2.75, 3.05) is 18.5 Å². The molecule has 1 atom stereocenters. The first-order valence-corrected chi connectivity index (χ1v) is 7.63. The van der Waals surface area contributed by atoms with Crippen LogP contribution in [0.1, 0.15) is 18.5 Å². The van der Waals surface area contributed by atoms with Gasteiger partial charge in [-0.15, -0.1) is 0 Å². The minimum absolute atomic E-state index is 0.245. The van der Waals surface area contributed by atoms with E-state index in [1.807, 2.05) is 6.92 Å². The molecule has 0 saturated carbocycles. The van der Waals surface area contributed by atoms with E-state index in [-0.39, 0.29) is 6.10 Å². The van der Waals surface area contributed by atoms with E-state index in [1.165, 1.54) is 0 Å². The summed E-state index contributed by atoms with van der Waals surface area (Å²) < 4.78 is 6.39. The molecule has 1 aromatic rings. The maximum absolute atomic E-state index is 6.11. The van der Waals surface area contributed by atoms with Gasteiger partial charge in [-0.25, -0.2) is 4.98 Å². The van der Waals surface area contributed by atoms with Crippen LogP contribution in [0.15, 0.2) is 10.5 Å². The minimum Gasteiger partial charge on any atom is -0.376 e. The predicted octanol–water partition coefficient (Wildman–Crippen LogP) is 3.27. The number of hydrogen-bond acceptors (Lipinski definition) is 3. The van der Waals surface area contributed by atoms with E-state index >= 15 is 0 Å². The van der Waals surface area contributed by atoms with E-state index in [2.05, 4.69) is 31.5 Å². The lowest BCUT2D eigenvalue weighted by Gasteiger charge is -2.14. The van der Waals surface area contributed by atoms with E-state index in [4.69, 9.17) is 28.6 Å². The molecule has 1 aliphatic heterocycles. The molecule has 0 aromatic carbocycles. The lowest BCUT2D eigenvalue weighted by atomic mass is 10.2. The fourth-order valence-electron chi connectivity index (χ4n) is 1.81. The number of pyridine rings is 1. The molecule has 1 aromatic heterocycles. The highest BCUT2D eigenvalue weighted by Gasteiger charge is 2.15. The van der Waals surface area contributed by atoms with Gasteiger partial charge in [0.05, 0.1) is 16.8 Å². The first-order chi connectivity index (χ1) is 9.06. The van der Waals surface area contributed by atoms with Crippen molar-refractivity contribution in [3.05, 3.63) is 21.3 Å². The lowest BCUT2D eigenvalue weighted by molar-refractivity contribution is 0.114. The molecule has 1 saturated heterocycles. The fourth-order valence-corrected chi connectivity index (χ4v) is 2.64. The van der Waals surface area contributed by atoms with Crippen LogP contribution in [-0.4, -0.2) is 29.4 Å². The van der Waals surface area contributed by atoms with Gasteiger partial charge >= 0.3 is 0 Å². The summed E-state index contributed by atoms with van der Waals surface area (Å²) in [5.41, 5.74) is 0.855. The van der Waals surface area contributed by atoms with E-state index in [9.17, 15) is 0 Å². The Hall–Kier alpha value is -0.430. The van der Waals surface area contributed by atoms with Gasteiger partial charge in [0, 0.05) is 17.6 Å². The van der Waals surface area contributed by atoms with Crippen molar-refractivity contribution in [1.29, 1.82) is 0 Å². The molecule has 2 heterocycles. The van der Waals surface area contributed by atoms with Crippen LogP contribution in [0.4, 0.5) is 5.82 Å². The van der Waals surface area contributed by atoms with Gasteiger partial charge in [-0.05, 0) is 54.0 Å². The molecule has 104 valence electrons. The fraction of sp³-hybridized carbons (Fsp3) is 0.500. The summed E-state index contributed by atoms with van der Waals surface area (Å²) in [7, 11) is 0. The number of halogens is 2. The van der Waals surface area contributed by atoms with Crippen LogP contribution in [0.3, 0.4) is 0 Å². The third-order valence-corrected chi connectivity index (χ3v) is 4.19. The molecule has 0 bridgehead atoms. The molecule has 0 amide bonds. The summed E-state index contributed by atoms with van der Waals surface area (Å²) in [6.07, 6.45) is 2.44. The largest absolute Gasteiger partial charge is 0.376 e. The minimum atomic E-state index is 0.245. The normalized spacial score (nSPS) is 18.4. The van der Waals surface area contributed by atoms with Crippen molar-refractivity contribution >= 4 is 50.7 Å². The monoisotopic (exact) mass is 363 g/mol. The molecule has 7 heteroatoms. The molecular weight excluding hydrogens is 350 g/mol. The Balaban J connectivity index is 1.89. The van der Waals surface area contributed by atoms with E-state index in [0.29, 0.717) is 22.5 Å². The van der Waals surface area contributed by atoms with Crippen LogP contribution in [0.25, 0.3) is 0 Å². The Labute approximate surface area is 131 Å². The van der Waals surface area contributed by atoms with Crippen molar-refractivity contribution in [2.24, 2.45) is 0 Å². The molecule has 19 heavy (non-hydrogen) atoms. The van der Waals surface area contributed by atoms with Crippen molar-refractivity contribution in [3.63, 3.8) is 0 Å². The number of aromatic nitrogens is 1. The molecule has 1 aliphatic rings. The third-order valence-electron chi connectivity index (χ3n) is 2.85. The maximum atomic E-state index is 6.11. The predicted molar refractivity (Wildman–Crippen MR) is 84.9 cm³/mol. The molecule has 0 spiro atoms. The summed E-state index contributed by atoms with van der Waals surface area (Å²) in [4.78, 5) is 4.34. The Morgan fingerprint density at radius 3 is 3.16 bits per heavy atom. The number of hydrogen-bond donors (Lipinski definition) is 2. The zero-order chi connectivity index (χ0) is 13.8. The molecule has 1 fully saturated rings. The Bertz CT molecular complexity index is 480. The zero-order valence-electron chi connectivity index (χ0n) is 10.5. The molecule has 0 radical (unpaired) electrons. The SMILES string of the molecule is Cc1nc(NC(=S)NC[C@H]2CCCO2)c(Cl)cc1Br. The number of ether oxygens (including phenoxy) is 1. The average Bonchev–Trinajstić information content (AvgIpc) is 2.86. The first kappa shape index (κ1) is 15.0. The van der Waals surface area contributed by atoms with Crippen LogP contribution in [-0.2, 0) is 4.74 Å². The van der Waals surface area contributed by atoms with Gasteiger partial charge in [-0.1, -0.05) is 11.6 Å². The average molecular weight is 365 g/mol. The van der Waals surface area contributed by atoms with Crippen molar-refractivity contribution in [3.8, 4) is 0 Å². The molecule has 0 aliphatic carbocycles. The quantitative estimate of drug-likeness (QED) is 0.806. The third kappa shape index (κ3) is 4.27. The Morgan fingerprint density at radius 1 is 1.68 bits per heavy atom. The second kappa shape index (κ2) is 6.83. The van der Waals surface area contributed by atoms with Crippen molar-refractivity contribution in [2.45, 2.75) is 25.9 Å². The van der Waals surface area contributed by atoms with Crippen molar-refractivity contribution in [1.82, 2.24) is 10.3 Å². The van der Waals surface area contributed by atoms with Gasteiger partial charge in [0.2, 0.25) is 0 Å². The van der Waals surface area contributed by atoms with Crippen LogP contribution in [0.2, 0.25) is 5.02 Å². The summed E-state index contributed by atoms with van der Waals surface area (Å²) in [6, 6.07) is 1.80. The van der Waals surface area contributed by atoms with Gasteiger partial charge in [0.15, 0.2) is 10.9 Å². The molecule has 4 nitrogen and oxygen atoms in total. The summed E-state index contributed by atoms with van der Waals surface area (Å²) in [5, 5.41) is 7.16. The van der Waals surface area contributed by atoms with Gasteiger partial charge in [-0.3, -0.25) is 0 Å². The van der Waals surface area contributed by atoms with E-state index in [1.54, 1.807) is 6.07 Å². The van der Waals surface area contributed by atoms with E-state index < -0.39 is 0 Å². The van der Waals surface area contributed by atoms with Gasteiger partial charge in [0.25, 0.3) is 0 Å². The molecular formula is C12H15BrClN3OS. The smallest absolute Gasteiger partial charge is 0.172 e. The van der Waals surface area contributed by atoms with E-state index in [0.717, 1.165) is 29.6 Å². The van der Waals surface area contributed by atoms with Crippen LogP contribution in [0.5, 0.6) is 0 Å². The highest BCUT2D eigenvalue weighted by atomic mass is 79.9. The van der Waals surface area contributed by atoms with Crippen LogP contribution in [0, 0.1) is 6.92 Å². The number of nitrogens with zero attached hydrogens (tertiary/aromatic N) is 1. The molecule has 2 N–H and O–H groups in total. The van der Waals surface area contributed by atoms with Gasteiger partial charge in [0.1, 0.15) is 0 Å². The molecule has 2 rings (SSSR count). The highest BCUT2D eigenvalue weighted by Crippen LogP contribution is 2.25. The second-order valence-electron chi connectivity index (χ2n) is 4.36. The topological polar surface area (TPSA) is 46.2 Å². The number of thiocarbonyl (C=S) groups is 1. The molecule has 0 unspecified atom stereocenters.